The summed E-state index contributed by atoms with van der Waals surface area (Å²) in [7, 11) is 0. The van der Waals surface area contributed by atoms with Crippen LogP contribution in [0.25, 0.3) is 0 Å². The van der Waals surface area contributed by atoms with Gasteiger partial charge in [-0.3, -0.25) is 4.79 Å². The van der Waals surface area contributed by atoms with E-state index in [1.165, 1.54) is 25.7 Å². The third-order valence-electron chi connectivity index (χ3n) is 6.05. The Morgan fingerprint density at radius 2 is 1.55 bits per heavy atom. The highest BCUT2D eigenvalue weighted by atomic mass is 16.2. The Bertz CT molecular complexity index is 404. The highest BCUT2D eigenvalue weighted by Gasteiger charge is 2.36. The molecule has 0 aromatic rings. The second kappa shape index (κ2) is 6.88. The summed E-state index contributed by atoms with van der Waals surface area (Å²) in [4.78, 5) is 25.5. The van der Waals surface area contributed by atoms with Crippen LogP contribution in [0.4, 0.5) is 4.79 Å². The monoisotopic (exact) mass is 307 g/mol. The van der Waals surface area contributed by atoms with Crippen molar-refractivity contribution in [3.05, 3.63) is 0 Å². The van der Waals surface area contributed by atoms with E-state index in [9.17, 15) is 9.59 Å². The summed E-state index contributed by atoms with van der Waals surface area (Å²) in [5, 5.41) is 3.12. The lowest BCUT2D eigenvalue weighted by Gasteiger charge is -2.27. The maximum absolute atomic E-state index is 12.3. The minimum absolute atomic E-state index is 0.0497. The number of fused-ring (bicyclic) bond motifs is 1. The molecule has 22 heavy (non-hydrogen) atoms. The van der Waals surface area contributed by atoms with Gasteiger partial charge in [-0.05, 0) is 56.3 Å². The van der Waals surface area contributed by atoms with Gasteiger partial charge in [0, 0.05) is 25.6 Å². The standard InChI is InChI=1S/C17H29N3O2/c18-16(21)13-7-5-12(6-8-13)9-19-17(22)20-10-14-3-1-2-4-15(14)11-20/h12-15H,1-11H2,(H2,18,21)(H,19,22)/t12?,13?,14-,15-/m0/s1. The van der Waals surface area contributed by atoms with Crippen molar-refractivity contribution in [1.29, 1.82) is 0 Å². The molecule has 3 rings (SSSR count). The van der Waals surface area contributed by atoms with Crippen molar-refractivity contribution in [3.63, 3.8) is 0 Å². The predicted molar refractivity (Wildman–Crippen MR) is 85.1 cm³/mol. The lowest BCUT2D eigenvalue weighted by atomic mass is 9.82. The molecule has 3 aliphatic rings. The zero-order chi connectivity index (χ0) is 15.5. The van der Waals surface area contributed by atoms with Crippen molar-refractivity contribution < 1.29 is 9.59 Å². The summed E-state index contributed by atoms with van der Waals surface area (Å²) < 4.78 is 0. The van der Waals surface area contributed by atoms with Crippen LogP contribution >= 0.6 is 0 Å². The van der Waals surface area contributed by atoms with Crippen LogP contribution in [0.15, 0.2) is 0 Å². The molecule has 5 nitrogen and oxygen atoms in total. The molecule has 2 atom stereocenters. The number of hydrogen-bond donors (Lipinski definition) is 2. The van der Waals surface area contributed by atoms with E-state index >= 15 is 0 Å². The van der Waals surface area contributed by atoms with Crippen LogP contribution < -0.4 is 11.1 Å². The van der Waals surface area contributed by atoms with E-state index in [0.717, 1.165) is 57.2 Å². The fourth-order valence-corrected chi connectivity index (χ4v) is 4.57. The molecule has 0 aromatic carbocycles. The Morgan fingerprint density at radius 1 is 0.955 bits per heavy atom. The Balaban J connectivity index is 1.39. The molecular weight excluding hydrogens is 278 g/mol. The average molecular weight is 307 g/mol. The van der Waals surface area contributed by atoms with Gasteiger partial charge in [-0.15, -0.1) is 0 Å². The molecule has 0 spiro atoms. The molecule has 5 heteroatoms. The normalized spacial score (nSPS) is 35.0. The highest BCUT2D eigenvalue weighted by molar-refractivity contribution is 5.76. The SMILES string of the molecule is NC(=O)C1CCC(CNC(=O)N2C[C@@H]3CCCC[C@H]3C2)CC1. The number of nitrogens with one attached hydrogen (secondary N) is 1. The van der Waals surface area contributed by atoms with Crippen LogP contribution in [0.5, 0.6) is 0 Å². The van der Waals surface area contributed by atoms with Crippen LogP contribution in [0.1, 0.15) is 51.4 Å². The van der Waals surface area contributed by atoms with Crippen LogP contribution in [0.2, 0.25) is 0 Å². The summed E-state index contributed by atoms with van der Waals surface area (Å²) in [6.45, 7) is 2.64. The Morgan fingerprint density at radius 3 is 2.09 bits per heavy atom. The molecule has 2 aliphatic carbocycles. The number of rotatable bonds is 3. The van der Waals surface area contributed by atoms with Crippen molar-refractivity contribution >= 4 is 11.9 Å². The van der Waals surface area contributed by atoms with Crippen molar-refractivity contribution in [3.8, 4) is 0 Å². The largest absolute Gasteiger partial charge is 0.369 e. The van der Waals surface area contributed by atoms with Gasteiger partial charge in [-0.2, -0.15) is 0 Å². The third-order valence-corrected chi connectivity index (χ3v) is 6.05. The topological polar surface area (TPSA) is 75.4 Å². The second-order valence-corrected chi connectivity index (χ2v) is 7.52. The Hall–Kier alpha value is -1.26. The predicted octanol–water partition coefficient (Wildman–Crippen LogP) is 2.11. The Labute approximate surface area is 133 Å². The fourth-order valence-electron chi connectivity index (χ4n) is 4.57. The molecule has 2 saturated carbocycles. The van der Waals surface area contributed by atoms with Gasteiger partial charge in [0.25, 0.3) is 0 Å². The fraction of sp³-hybridized carbons (Fsp3) is 0.882. The summed E-state index contributed by atoms with van der Waals surface area (Å²) in [6.07, 6.45) is 9.02. The minimum Gasteiger partial charge on any atom is -0.369 e. The smallest absolute Gasteiger partial charge is 0.317 e. The second-order valence-electron chi connectivity index (χ2n) is 7.52. The molecule has 1 heterocycles. The molecule has 3 fully saturated rings. The van der Waals surface area contributed by atoms with Crippen LogP contribution in [0.3, 0.4) is 0 Å². The number of hydrogen-bond acceptors (Lipinski definition) is 2. The number of primary amides is 1. The lowest BCUT2D eigenvalue weighted by Crippen LogP contribution is -2.41. The van der Waals surface area contributed by atoms with Crippen LogP contribution in [0, 0.1) is 23.7 Å². The zero-order valence-corrected chi connectivity index (χ0v) is 13.4. The van der Waals surface area contributed by atoms with E-state index in [1.807, 2.05) is 4.90 Å². The van der Waals surface area contributed by atoms with E-state index in [-0.39, 0.29) is 17.9 Å². The first-order valence-electron chi connectivity index (χ1n) is 8.95. The van der Waals surface area contributed by atoms with Gasteiger partial charge in [0.2, 0.25) is 5.91 Å². The van der Waals surface area contributed by atoms with Crippen molar-refractivity contribution in [2.75, 3.05) is 19.6 Å². The van der Waals surface area contributed by atoms with Gasteiger partial charge in [0.15, 0.2) is 0 Å². The van der Waals surface area contributed by atoms with Crippen molar-refractivity contribution in [2.45, 2.75) is 51.4 Å². The van der Waals surface area contributed by atoms with Gasteiger partial charge < -0.3 is 16.0 Å². The summed E-state index contributed by atoms with van der Waals surface area (Å²) >= 11 is 0. The van der Waals surface area contributed by atoms with Gasteiger partial charge in [0.1, 0.15) is 0 Å². The van der Waals surface area contributed by atoms with Crippen LogP contribution in [-0.2, 0) is 4.79 Å². The van der Waals surface area contributed by atoms with E-state index < -0.39 is 0 Å². The third kappa shape index (κ3) is 3.55. The van der Waals surface area contributed by atoms with Crippen LogP contribution in [-0.4, -0.2) is 36.5 Å². The van der Waals surface area contributed by atoms with Gasteiger partial charge >= 0.3 is 6.03 Å². The summed E-state index contributed by atoms with van der Waals surface area (Å²) in [5.41, 5.74) is 5.36. The van der Waals surface area contributed by atoms with E-state index in [2.05, 4.69) is 5.32 Å². The van der Waals surface area contributed by atoms with E-state index in [0.29, 0.717) is 5.92 Å². The Kier molecular flexibility index (Phi) is 4.89. The summed E-state index contributed by atoms with van der Waals surface area (Å²) in [5.74, 6) is 1.87. The number of urea groups is 1. The van der Waals surface area contributed by atoms with Gasteiger partial charge in [-0.25, -0.2) is 4.79 Å². The maximum Gasteiger partial charge on any atom is 0.317 e. The minimum atomic E-state index is -0.165. The molecule has 1 saturated heterocycles. The van der Waals surface area contributed by atoms with Gasteiger partial charge in [-0.1, -0.05) is 12.8 Å². The van der Waals surface area contributed by atoms with E-state index in [1.54, 1.807) is 0 Å². The molecule has 0 unspecified atom stereocenters. The molecule has 3 N–H and O–H groups in total. The van der Waals surface area contributed by atoms with E-state index in [4.69, 9.17) is 5.73 Å². The average Bonchev–Trinajstić information content (AvgIpc) is 2.97. The number of likely N-dealkylation sites (tertiary alicyclic amines) is 1. The maximum atomic E-state index is 12.3. The first kappa shape index (κ1) is 15.6. The van der Waals surface area contributed by atoms with Crippen molar-refractivity contribution in [2.24, 2.45) is 29.4 Å². The molecule has 0 radical (unpaired) electrons. The molecule has 0 aromatic heterocycles. The first-order valence-corrected chi connectivity index (χ1v) is 8.95. The van der Waals surface area contributed by atoms with Crippen molar-refractivity contribution in [1.82, 2.24) is 10.2 Å². The number of carbonyl (C=O) groups excluding carboxylic acids is 2. The molecule has 1 aliphatic heterocycles. The lowest BCUT2D eigenvalue weighted by molar-refractivity contribution is -0.122. The molecule has 124 valence electrons. The summed E-state index contributed by atoms with van der Waals surface area (Å²) in [6, 6.07) is 0.117. The quantitative estimate of drug-likeness (QED) is 0.838. The van der Waals surface area contributed by atoms with Gasteiger partial charge in [0.05, 0.1) is 0 Å². The number of carbonyl (C=O) groups is 2. The molecule has 3 amide bonds. The molecular formula is C17H29N3O2. The zero-order valence-electron chi connectivity index (χ0n) is 13.4. The highest BCUT2D eigenvalue weighted by Crippen LogP contribution is 2.36. The number of nitrogens with two attached hydrogens (primary N) is 1. The number of amides is 3. The number of nitrogens with zero attached hydrogens (tertiary/aromatic N) is 1. The molecule has 0 bridgehead atoms. The first-order chi connectivity index (χ1) is 10.6.